The molecule has 5 aromatic rings. The summed E-state index contributed by atoms with van der Waals surface area (Å²) in [6.45, 7) is 2.03. The van der Waals surface area contributed by atoms with Crippen LogP contribution >= 0.6 is 11.8 Å². The highest BCUT2D eigenvalue weighted by Crippen LogP contribution is 2.34. The van der Waals surface area contributed by atoms with Crippen LogP contribution < -0.4 is 5.32 Å². The molecule has 3 aromatic carbocycles. The molecule has 0 spiro atoms. The standard InChI is InChI=1S/C28H21N5OS/c1-18-7-9-19(10-8-18)23-14-25(20-5-3-2-4-6-20)32-28(24(23)15-29)35-17-27(34)31-22-12-11-21-16-30-33-26(21)13-22/h2-14,16H,17H2,1H3,(H,30,33)(H,31,34). The predicted octanol–water partition coefficient (Wildman–Crippen LogP) is 6.20. The van der Waals surface area contributed by atoms with Crippen molar-refractivity contribution in [3.05, 3.63) is 96.2 Å². The maximum absolute atomic E-state index is 12.7. The Morgan fingerprint density at radius 3 is 2.60 bits per heavy atom. The number of fused-ring (bicyclic) bond motifs is 1. The Balaban J connectivity index is 1.45. The van der Waals surface area contributed by atoms with Gasteiger partial charge in [0.2, 0.25) is 5.91 Å². The molecule has 6 nitrogen and oxygen atoms in total. The second-order valence-electron chi connectivity index (χ2n) is 8.09. The van der Waals surface area contributed by atoms with Gasteiger partial charge >= 0.3 is 0 Å². The number of hydrogen-bond donors (Lipinski definition) is 2. The van der Waals surface area contributed by atoms with E-state index >= 15 is 0 Å². The Morgan fingerprint density at radius 1 is 1.03 bits per heavy atom. The van der Waals surface area contributed by atoms with Gasteiger partial charge < -0.3 is 5.32 Å². The first kappa shape index (κ1) is 22.4. The van der Waals surface area contributed by atoms with Gasteiger partial charge in [0.05, 0.1) is 28.7 Å². The van der Waals surface area contributed by atoms with Crippen molar-refractivity contribution in [2.75, 3.05) is 11.1 Å². The molecule has 2 N–H and O–H groups in total. The fourth-order valence-corrected chi connectivity index (χ4v) is 4.60. The van der Waals surface area contributed by atoms with E-state index in [1.54, 1.807) is 6.20 Å². The molecule has 0 saturated heterocycles. The lowest BCUT2D eigenvalue weighted by Gasteiger charge is -2.13. The summed E-state index contributed by atoms with van der Waals surface area (Å²) in [6.07, 6.45) is 1.73. The van der Waals surface area contributed by atoms with Gasteiger partial charge in [0.25, 0.3) is 0 Å². The molecule has 0 saturated carbocycles. The number of pyridine rings is 1. The lowest BCUT2D eigenvalue weighted by molar-refractivity contribution is -0.113. The van der Waals surface area contributed by atoms with Crippen molar-refractivity contribution in [2.45, 2.75) is 11.9 Å². The number of aryl methyl sites for hydroxylation is 1. The number of amides is 1. The lowest BCUT2D eigenvalue weighted by Crippen LogP contribution is -2.14. The fourth-order valence-electron chi connectivity index (χ4n) is 3.80. The maximum atomic E-state index is 12.7. The molecular weight excluding hydrogens is 454 g/mol. The third-order valence-corrected chi connectivity index (χ3v) is 6.57. The zero-order valence-electron chi connectivity index (χ0n) is 18.9. The Kier molecular flexibility index (Phi) is 6.29. The largest absolute Gasteiger partial charge is 0.325 e. The topological polar surface area (TPSA) is 94.5 Å². The van der Waals surface area contributed by atoms with Gasteiger partial charge in [-0.2, -0.15) is 10.4 Å². The van der Waals surface area contributed by atoms with Crippen molar-refractivity contribution in [1.82, 2.24) is 15.2 Å². The molecule has 0 aliphatic carbocycles. The minimum Gasteiger partial charge on any atom is -0.325 e. The van der Waals surface area contributed by atoms with Gasteiger partial charge in [-0.15, -0.1) is 0 Å². The number of aromatic nitrogens is 3. The number of thioether (sulfide) groups is 1. The van der Waals surface area contributed by atoms with E-state index in [1.165, 1.54) is 11.8 Å². The quantitative estimate of drug-likeness (QED) is 0.285. The van der Waals surface area contributed by atoms with Gasteiger partial charge in [-0.3, -0.25) is 9.89 Å². The molecular formula is C28H21N5OS. The van der Waals surface area contributed by atoms with Crippen LogP contribution in [-0.4, -0.2) is 26.8 Å². The molecule has 1 amide bonds. The molecule has 0 fully saturated rings. The molecule has 7 heteroatoms. The van der Waals surface area contributed by atoms with Gasteiger partial charge in [-0.25, -0.2) is 4.98 Å². The zero-order chi connectivity index (χ0) is 24.2. The van der Waals surface area contributed by atoms with Gasteiger partial charge in [-0.05, 0) is 36.8 Å². The Labute approximate surface area is 207 Å². The number of benzene rings is 3. The number of carbonyl (C=O) groups is 1. The van der Waals surface area contributed by atoms with Gasteiger partial charge in [0.15, 0.2) is 0 Å². The number of H-pyrrole nitrogens is 1. The zero-order valence-corrected chi connectivity index (χ0v) is 19.8. The van der Waals surface area contributed by atoms with E-state index < -0.39 is 0 Å². The molecule has 0 aliphatic heterocycles. The van der Waals surface area contributed by atoms with E-state index in [0.717, 1.165) is 38.9 Å². The van der Waals surface area contributed by atoms with Gasteiger partial charge in [0, 0.05) is 22.2 Å². The van der Waals surface area contributed by atoms with Crippen LogP contribution in [0.25, 0.3) is 33.3 Å². The molecule has 0 bridgehead atoms. The number of nitriles is 1. The second-order valence-corrected chi connectivity index (χ2v) is 9.05. The number of aromatic amines is 1. The first-order chi connectivity index (χ1) is 17.1. The molecule has 0 atom stereocenters. The summed E-state index contributed by atoms with van der Waals surface area (Å²) in [5, 5.41) is 21.4. The first-order valence-electron chi connectivity index (χ1n) is 11.0. The van der Waals surface area contributed by atoms with E-state index in [1.807, 2.05) is 85.8 Å². The summed E-state index contributed by atoms with van der Waals surface area (Å²) >= 11 is 1.26. The highest BCUT2D eigenvalue weighted by molar-refractivity contribution is 8.00. The van der Waals surface area contributed by atoms with E-state index in [2.05, 4.69) is 21.6 Å². The van der Waals surface area contributed by atoms with Crippen molar-refractivity contribution in [2.24, 2.45) is 0 Å². The predicted molar refractivity (Wildman–Crippen MR) is 140 cm³/mol. The fraction of sp³-hybridized carbons (Fsp3) is 0.0714. The van der Waals surface area contributed by atoms with Gasteiger partial charge in [-0.1, -0.05) is 71.9 Å². The molecule has 0 unspecified atom stereocenters. The molecule has 0 aliphatic rings. The van der Waals surface area contributed by atoms with E-state index in [9.17, 15) is 10.1 Å². The number of anilines is 1. The third-order valence-electron chi connectivity index (χ3n) is 5.60. The Bertz CT molecular complexity index is 1550. The summed E-state index contributed by atoms with van der Waals surface area (Å²) in [6, 6.07) is 27.7. The van der Waals surface area contributed by atoms with Crippen LogP contribution in [0, 0.1) is 18.3 Å². The number of nitrogens with zero attached hydrogens (tertiary/aromatic N) is 3. The summed E-state index contributed by atoms with van der Waals surface area (Å²) in [4.78, 5) is 17.5. The second kappa shape index (κ2) is 9.84. The Morgan fingerprint density at radius 2 is 1.83 bits per heavy atom. The summed E-state index contributed by atoms with van der Waals surface area (Å²) in [5.41, 5.74) is 6.58. The molecule has 170 valence electrons. The van der Waals surface area contributed by atoms with E-state index in [4.69, 9.17) is 4.98 Å². The van der Waals surface area contributed by atoms with Crippen LogP contribution in [0.15, 0.2) is 90.1 Å². The van der Waals surface area contributed by atoms with Crippen LogP contribution in [0.5, 0.6) is 0 Å². The minimum absolute atomic E-state index is 0.119. The number of nitrogens with one attached hydrogen (secondary N) is 2. The van der Waals surface area contributed by atoms with Crippen LogP contribution in [0.1, 0.15) is 11.1 Å². The first-order valence-corrected chi connectivity index (χ1v) is 12.0. The summed E-state index contributed by atoms with van der Waals surface area (Å²) in [5.74, 6) is -0.0598. The van der Waals surface area contributed by atoms with Crippen molar-refractivity contribution < 1.29 is 4.79 Å². The van der Waals surface area contributed by atoms with Crippen LogP contribution in [0.4, 0.5) is 5.69 Å². The average molecular weight is 476 g/mol. The van der Waals surface area contributed by atoms with Crippen LogP contribution in [0.2, 0.25) is 0 Å². The summed E-state index contributed by atoms with van der Waals surface area (Å²) < 4.78 is 0. The smallest absolute Gasteiger partial charge is 0.234 e. The molecule has 5 rings (SSSR count). The Hall–Kier alpha value is -4.41. The number of rotatable bonds is 6. The highest BCUT2D eigenvalue weighted by atomic mass is 32.2. The van der Waals surface area contributed by atoms with Crippen LogP contribution in [0.3, 0.4) is 0 Å². The van der Waals surface area contributed by atoms with Crippen molar-refractivity contribution in [1.29, 1.82) is 5.26 Å². The minimum atomic E-state index is -0.179. The maximum Gasteiger partial charge on any atom is 0.234 e. The van der Waals surface area contributed by atoms with E-state index in [-0.39, 0.29) is 11.7 Å². The van der Waals surface area contributed by atoms with Crippen LogP contribution in [-0.2, 0) is 4.79 Å². The average Bonchev–Trinajstić information content (AvgIpc) is 3.36. The third kappa shape index (κ3) is 4.93. The van der Waals surface area contributed by atoms with E-state index in [0.29, 0.717) is 16.3 Å². The van der Waals surface area contributed by atoms with Gasteiger partial charge in [0.1, 0.15) is 11.1 Å². The molecule has 2 aromatic heterocycles. The van der Waals surface area contributed by atoms with Crippen molar-refractivity contribution in [3.63, 3.8) is 0 Å². The number of hydrogen-bond acceptors (Lipinski definition) is 5. The molecule has 2 heterocycles. The molecule has 35 heavy (non-hydrogen) atoms. The highest BCUT2D eigenvalue weighted by Gasteiger charge is 2.17. The summed E-state index contributed by atoms with van der Waals surface area (Å²) in [7, 11) is 0. The number of carbonyl (C=O) groups excluding carboxylic acids is 1. The molecule has 0 radical (unpaired) electrons. The lowest BCUT2D eigenvalue weighted by atomic mass is 9.98. The normalized spacial score (nSPS) is 10.7. The monoisotopic (exact) mass is 475 g/mol. The van der Waals surface area contributed by atoms with Crippen molar-refractivity contribution in [3.8, 4) is 28.5 Å². The van der Waals surface area contributed by atoms with Crippen molar-refractivity contribution >= 4 is 34.3 Å². The SMILES string of the molecule is Cc1ccc(-c2cc(-c3ccccc3)nc(SCC(=O)Nc3ccc4cn[nH]c4c3)c2C#N)cc1.